The number of carbonyl (C=O) groups is 1. The molecule has 3 rings (SSSR count). The lowest BCUT2D eigenvalue weighted by Gasteiger charge is -2.38. The molecule has 3 aromatic rings. The maximum atomic E-state index is 12.3. The Labute approximate surface area is 243 Å². The molecule has 200 valence electrons. The van der Waals surface area contributed by atoms with E-state index in [0.29, 0.717) is 0 Å². The highest BCUT2D eigenvalue weighted by molar-refractivity contribution is 14.1. The summed E-state index contributed by atoms with van der Waals surface area (Å²) < 4.78 is 15.2. The number of ether oxygens (including phenoxy) is 1. The first-order chi connectivity index (χ1) is 18.1. The van der Waals surface area contributed by atoms with Crippen LogP contribution in [0, 0.1) is 11.3 Å². The van der Waals surface area contributed by atoms with Gasteiger partial charge in [-0.1, -0.05) is 127 Å². The normalized spacial score (nSPS) is 14.6. The van der Waals surface area contributed by atoms with Crippen molar-refractivity contribution in [3.63, 3.8) is 0 Å². The van der Waals surface area contributed by atoms with E-state index < -0.39 is 13.7 Å². The number of benzene rings is 3. The second-order valence-electron chi connectivity index (χ2n) is 10.9. The molecule has 0 aliphatic carbocycles. The van der Waals surface area contributed by atoms with E-state index in [9.17, 15) is 4.79 Å². The van der Waals surface area contributed by atoms with Crippen LogP contribution in [0.5, 0.6) is 0 Å². The summed E-state index contributed by atoms with van der Waals surface area (Å²) >= 11 is 2.31. The molecule has 0 unspecified atom stereocenters. The van der Waals surface area contributed by atoms with Gasteiger partial charge in [-0.25, -0.2) is 0 Å². The highest BCUT2D eigenvalue weighted by Gasteiger charge is 2.44. The molecule has 0 spiro atoms. The smallest absolute Gasteiger partial charge is 0.311 e. The molecule has 0 radical (unpaired) electrons. The quantitative estimate of drug-likeness (QED) is 0.0832. The number of hydrogen-bond acceptors (Lipinski definition) is 3. The molecule has 0 heterocycles. The molecular weight excluding hydrogens is 599 g/mol. The van der Waals surface area contributed by atoms with Crippen LogP contribution in [-0.2, 0) is 14.0 Å². The van der Waals surface area contributed by atoms with Gasteiger partial charge in [-0.3, -0.25) is 4.79 Å². The van der Waals surface area contributed by atoms with Gasteiger partial charge in [-0.05, 0) is 65.4 Å². The van der Waals surface area contributed by atoms with Crippen molar-refractivity contribution in [2.75, 3.05) is 6.61 Å². The summed E-state index contributed by atoms with van der Waals surface area (Å²) in [6.45, 7) is 12.2. The Hall–Kier alpha value is -2.48. The van der Waals surface area contributed by atoms with Gasteiger partial charge >= 0.3 is 5.97 Å². The Morgan fingerprint density at radius 3 is 1.63 bits per heavy atom. The van der Waals surface area contributed by atoms with E-state index in [1.807, 2.05) is 27.7 Å². The lowest BCUT2D eigenvalue weighted by molar-refractivity contribution is -0.151. The molecule has 0 fully saturated rings. The number of hydrogen-bond donors (Lipinski definition) is 0. The summed E-state index contributed by atoms with van der Waals surface area (Å²) in [5, 5.41) is 3.61. The Bertz CT molecular complexity index is 1130. The first-order valence-corrected chi connectivity index (χ1v) is 16.2. The topological polar surface area (TPSA) is 35.5 Å². The summed E-state index contributed by atoms with van der Waals surface area (Å²) in [6.07, 6.45) is 2.01. The summed E-state index contributed by atoms with van der Waals surface area (Å²) in [7, 11) is -2.90. The monoisotopic (exact) mass is 638 g/mol. The van der Waals surface area contributed by atoms with E-state index in [0.717, 1.165) is 11.1 Å². The summed E-state index contributed by atoms with van der Waals surface area (Å²) in [6, 6.07) is 31.9. The molecule has 0 aliphatic heterocycles. The van der Waals surface area contributed by atoms with Crippen LogP contribution in [0.3, 0.4) is 0 Å². The molecule has 0 aromatic heterocycles. The minimum absolute atomic E-state index is 0.0531. The SMILES string of the molecule is C/C(=C/[C@@H](C)[C@@H](O[Si](c1ccccc1)(c1ccccc1)c1ccccc1)/C(C)=C/I)COC(=O)C(C)(C)C. The molecule has 0 N–H and O–H groups in total. The first-order valence-electron chi connectivity index (χ1n) is 13.1. The van der Waals surface area contributed by atoms with Crippen LogP contribution >= 0.6 is 22.6 Å². The largest absolute Gasteiger partial charge is 0.461 e. The van der Waals surface area contributed by atoms with Gasteiger partial charge in [0.05, 0.1) is 11.5 Å². The molecule has 3 nitrogen and oxygen atoms in total. The van der Waals surface area contributed by atoms with Gasteiger partial charge in [0.2, 0.25) is 0 Å². The van der Waals surface area contributed by atoms with Crippen molar-refractivity contribution in [2.45, 2.75) is 47.6 Å². The fourth-order valence-corrected chi connectivity index (χ4v) is 9.10. The van der Waals surface area contributed by atoms with Crippen molar-refractivity contribution >= 4 is 52.4 Å². The minimum atomic E-state index is -2.90. The maximum absolute atomic E-state index is 12.3. The second-order valence-corrected chi connectivity index (χ2v) is 14.8. The molecule has 38 heavy (non-hydrogen) atoms. The van der Waals surface area contributed by atoms with Crippen molar-refractivity contribution in [3.8, 4) is 0 Å². The summed E-state index contributed by atoms with van der Waals surface area (Å²) in [5.74, 6) is -0.143. The van der Waals surface area contributed by atoms with Crippen molar-refractivity contribution in [1.29, 1.82) is 0 Å². The zero-order valence-corrected chi connectivity index (χ0v) is 26.4. The highest BCUT2D eigenvalue weighted by Crippen LogP contribution is 2.25. The van der Waals surface area contributed by atoms with Gasteiger partial charge < -0.3 is 9.16 Å². The lowest BCUT2D eigenvalue weighted by Crippen LogP contribution is -2.70. The average Bonchev–Trinajstić information content (AvgIpc) is 2.93. The molecular formula is C33H39IO3Si. The van der Waals surface area contributed by atoms with Crippen molar-refractivity contribution < 1.29 is 14.0 Å². The molecule has 0 saturated heterocycles. The van der Waals surface area contributed by atoms with Gasteiger partial charge in [-0.15, -0.1) is 0 Å². The Balaban J connectivity index is 2.10. The fourth-order valence-electron chi connectivity index (χ4n) is 4.57. The van der Waals surface area contributed by atoms with Crippen molar-refractivity contribution in [2.24, 2.45) is 11.3 Å². The minimum Gasteiger partial charge on any atom is -0.461 e. The van der Waals surface area contributed by atoms with Gasteiger partial charge in [0.15, 0.2) is 0 Å². The molecule has 0 aliphatic rings. The Morgan fingerprint density at radius 2 is 1.26 bits per heavy atom. The van der Waals surface area contributed by atoms with E-state index in [1.54, 1.807) is 0 Å². The molecule has 0 bridgehead atoms. The van der Waals surface area contributed by atoms with E-state index in [-0.39, 0.29) is 24.6 Å². The van der Waals surface area contributed by atoms with Gasteiger partial charge in [0, 0.05) is 5.92 Å². The van der Waals surface area contributed by atoms with Crippen LogP contribution < -0.4 is 15.6 Å². The van der Waals surface area contributed by atoms with Crippen LogP contribution in [0.2, 0.25) is 0 Å². The zero-order chi connectivity index (χ0) is 27.8. The van der Waals surface area contributed by atoms with Crippen LogP contribution in [0.25, 0.3) is 0 Å². The molecule has 0 amide bonds. The zero-order valence-electron chi connectivity index (χ0n) is 23.3. The number of esters is 1. The van der Waals surface area contributed by atoms with E-state index in [2.05, 4.69) is 138 Å². The first kappa shape index (κ1) is 30.1. The standard InChI is InChI=1S/C33H39IO3Si/c1-25(24-36-32(35)33(4,5)6)22-26(2)31(27(3)23-34)37-38(28-16-10-7-11-17-28,29-18-12-8-13-19-29)30-20-14-9-15-21-30/h7-23,26,31H,24H2,1-6H3/b25-22-,27-23+/t26-,31-/m1/s1. The van der Waals surface area contributed by atoms with Gasteiger partial charge in [0.25, 0.3) is 8.32 Å². The third kappa shape index (κ3) is 7.33. The van der Waals surface area contributed by atoms with Crippen molar-refractivity contribution in [3.05, 3.63) is 112 Å². The number of halogens is 1. The van der Waals surface area contributed by atoms with Crippen LogP contribution in [-0.4, -0.2) is 27.0 Å². The maximum Gasteiger partial charge on any atom is 0.311 e. The summed E-state index contributed by atoms with van der Waals surface area (Å²) in [4.78, 5) is 12.3. The second kappa shape index (κ2) is 13.5. The Morgan fingerprint density at radius 1 is 0.842 bits per heavy atom. The fraction of sp³-hybridized carbons (Fsp3) is 0.303. The predicted molar refractivity (Wildman–Crippen MR) is 170 cm³/mol. The van der Waals surface area contributed by atoms with Gasteiger partial charge in [0.1, 0.15) is 6.61 Å². The van der Waals surface area contributed by atoms with Crippen LogP contribution in [0.1, 0.15) is 41.5 Å². The molecule has 5 heteroatoms. The van der Waals surface area contributed by atoms with E-state index in [1.165, 1.54) is 15.6 Å². The summed E-state index contributed by atoms with van der Waals surface area (Å²) in [5.41, 5.74) is 1.65. The number of carbonyl (C=O) groups excluding carboxylic acids is 1. The predicted octanol–water partition coefficient (Wildman–Crippen LogP) is 6.55. The van der Waals surface area contributed by atoms with E-state index in [4.69, 9.17) is 9.16 Å². The highest BCUT2D eigenvalue weighted by atomic mass is 127. The Kier molecular flexibility index (Phi) is 10.7. The van der Waals surface area contributed by atoms with Crippen molar-refractivity contribution in [1.82, 2.24) is 0 Å². The van der Waals surface area contributed by atoms with Gasteiger partial charge in [-0.2, -0.15) is 0 Å². The molecule has 0 saturated carbocycles. The molecule has 3 aromatic carbocycles. The third-order valence-electron chi connectivity index (χ3n) is 6.53. The van der Waals surface area contributed by atoms with Crippen LogP contribution in [0.15, 0.2) is 112 Å². The van der Waals surface area contributed by atoms with Crippen LogP contribution in [0.4, 0.5) is 0 Å². The lowest BCUT2D eigenvalue weighted by atomic mass is 9.96. The third-order valence-corrected chi connectivity index (χ3v) is 11.6. The number of rotatable bonds is 10. The average molecular weight is 639 g/mol. The van der Waals surface area contributed by atoms with E-state index >= 15 is 0 Å². The molecule has 2 atom stereocenters.